The molecule has 0 atom stereocenters. The van der Waals surface area contributed by atoms with Crippen LogP contribution in [0.5, 0.6) is 0 Å². The van der Waals surface area contributed by atoms with E-state index >= 15 is 0 Å². The van der Waals surface area contributed by atoms with Gasteiger partial charge in [-0.3, -0.25) is 9.59 Å². The van der Waals surface area contributed by atoms with E-state index in [1.54, 1.807) is 11.3 Å². The predicted molar refractivity (Wildman–Crippen MR) is 130 cm³/mol. The molecule has 1 amide bonds. The fourth-order valence-corrected chi connectivity index (χ4v) is 5.08. The van der Waals surface area contributed by atoms with Crippen LogP contribution in [0.15, 0.2) is 41.8 Å². The summed E-state index contributed by atoms with van der Waals surface area (Å²) in [4.78, 5) is 32.1. The first-order chi connectivity index (χ1) is 16.0. The van der Waals surface area contributed by atoms with E-state index in [1.807, 2.05) is 37.8 Å². The van der Waals surface area contributed by atoms with Gasteiger partial charge in [-0.2, -0.15) is 0 Å². The molecule has 33 heavy (non-hydrogen) atoms. The number of aryl methyl sites for hydroxylation is 2. The van der Waals surface area contributed by atoms with Crippen molar-refractivity contribution in [2.24, 2.45) is 5.92 Å². The van der Waals surface area contributed by atoms with Gasteiger partial charge in [0.05, 0.1) is 34.5 Å². The van der Waals surface area contributed by atoms with E-state index in [2.05, 4.69) is 34.2 Å². The first kappa shape index (κ1) is 23.2. The number of aromatic nitrogens is 2. The van der Waals surface area contributed by atoms with Crippen LogP contribution in [0.1, 0.15) is 46.4 Å². The quantitative estimate of drug-likeness (QED) is 0.466. The van der Waals surface area contributed by atoms with E-state index in [4.69, 9.17) is 9.72 Å². The highest BCUT2D eigenvalue weighted by molar-refractivity contribution is 7.09. The van der Waals surface area contributed by atoms with Crippen LogP contribution >= 0.6 is 11.3 Å². The zero-order valence-corrected chi connectivity index (χ0v) is 20.4. The van der Waals surface area contributed by atoms with Gasteiger partial charge in [-0.15, -0.1) is 11.3 Å². The maximum absolute atomic E-state index is 13.5. The Labute approximate surface area is 199 Å². The minimum atomic E-state index is -0.144. The summed E-state index contributed by atoms with van der Waals surface area (Å²) < 4.78 is 7.38. The number of benzene rings is 1. The first-order valence-corrected chi connectivity index (χ1v) is 12.5. The minimum Gasteiger partial charge on any atom is -0.466 e. The topological polar surface area (TPSA) is 64.4 Å². The highest BCUT2D eigenvalue weighted by Gasteiger charge is 2.30. The SMILES string of the molecule is CCOC(=O)C1CCN(C(=O)c2cc(-c3csc(C)n3)n(CCc3ccccc3)c2C)CC1. The van der Waals surface area contributed by atoms with Crippen molar-refractivity contribution in [1.29, 1.82) is 0 Å². The van der Waals surface area contributed by atoms with Gasteiger partial charge in [0.2, 0.25) is 0 Å². The van der Waals surface area contributed by atoms with Gasteiger partial charge in [-0.1, -0.05) is 30.3 Å². The summed E-state index contributed by atoms with van der Waals surface area (Å²) in [6, 6.07) is 12.4. The van der Waals surface area contributed by atoms with Crippen LogP contribution in [0.2, 0.25) is 0 Å². The predicted octanol–water partition coefficient (Wildman–Crippen LogP) is 4.89. The molecule has 0 radical (unpaired) electrons. The van der Waals surface area contributed by atoms with Gasteiger partial charge >= 0.3 is 5.97 Å². The highest BCUT2D eigenvalue weighted by atomic mass is 32.1. The molecular formula is C26H31N3O3S. The van der Waals surface area contributed by atoms with Gasteiger partial charge in [-0.05, 0) is 51.7 Å². The van der Waals surface area contributed by atoms with E-state index in [1.165, 1.54) is 5.56 Å². The molecule has 1 fully saturated rings. The van der Waals surface area contributed by atoms with Crippen molar-refractivity contribution in [3.63, 3.8) is 0 Å². The van der Waals surface area contributed by atoms with Gasteiger partial charge < -0.3 is 14.2 Å². The molecule has 0 aliphatic carbocycles. The van der Waals surface area contributed by atoms with E-state index in [0.717, 1.165) is 40.6 Å². The second-order valence-electron chi connectivity index (χ2n) is 8.49. The molecule has 0 bridgehead atoms. The molecule has 1 aliphatic rings. The molecule has 3 heterocycles. The summed E-state index contributed by atoms with van der Waals surface area (Å²) in [6.07, 6.45) is 2.18. The number of carbonyl (C=O) groups is 2. The average molecular weight is 466 g/mol. The zero-order chi connectivity index (χ0) is 23.4. The lowest BCUT2D eigenvalue weighted by Crippen LogP contribution is -2.40. The lowest BCUT2D eigenvalue weighted by molar-refractivity contribution is -0.149. The van der Waals surface area contributed by atoms with Crippen molar-refractivity contribution in [3.05, 3.63) is 63.6 Å². The van der Waals surface area contributed by atoms with Crippen LogP contribution in [-0.2, 0) is 22.5 Å². The fourth-order valence-electron chi connectivity index (χ4n) is 4.48. The molecular weight excluding hydrogens is 434 g/mol. The third-order valence-electron chi connectivity index (χ3n) is 6.35. The molecule has 0 N–H and O–H groups in total. The Kier molecular flexibility index (Phi) is 7.28. The number of amides is 1. The second-order valence-corrected chi connectivity index (χ2v) is 9.55. The van der Waals surface area contributed by atoms with Crippen molar-refractivity contribution >= 4 is 23.2 Å². The molecule has 0 saturated carbocycles. The van der Waals surface area contributed by atoms with E-state index in [0.29, 0.717) is 32.5 Å². The molecule has 6 nitrogen and oxygen atoms in total. The number of hydrogen-bond acceptors (Lipinski definition) is 5. The van der Waals surface area contributed by atoms with E-state index in [9.17, 15) is 9.59 Å². The van der Waals surface area contributed by atoms with Crippen LogP contribution < -0.4 is 0 Å². The highest BCUT2D eigenvalue weighted by Crippen LogP contribution is 2.29. The summed E-state index contributed by atoms with van der Waals surface area (Å²) >= 11 is 1.62. The number of hydrogen-bond donors (Lipinski definition) is 0. The normalized spacial score (nSPS) is 14.5. The number of rotatable bonds is 7. The number of likely N-dealkylation sites (tertiary alicyclic amines) is 1. The Balaban J connectivity index is 1.56. The van der Waals surface area contributed by atoms with Gasteiger partial charge in [0, 0.05) is 30.7 Å². The molecule has 0 unspecified atom stereocenters. The number of thiazole rings is 1. The Morgan fingerprint density at radius 2 is 1.88 bits per heavy atom. The van der Waals surface area contributed by atoms with Crippen LogP contribution in [0.4, 0.5) is 0 Å². The number of nitrogens with zero attached hydrogens (tertiary/aromatic N) is 3. The Morgan fingerprint density at radius 3 is 2.52 bits per heavy atom. The first-order valence-electron chi connectivity index (χ1n) is 11.6. The smallest absolute Gasteiger partial charge is 0.309 e. The van der Waals surface area contributed by atoms with Crippen molar-refractivity contribution in [3.8, 4) is 11.4 Å². The maximum Gasteiger partial charge on any atom is 0.309 e. The van der Waals surface area contributed by atoms with Gasteiger partial charge in [0.25, 0.3) is 5.91 Å². The lowest BCUT2D eigenvalue weighted by Gasteiger charge is -2.31. The molecule has 1 aliphatic heterocycles. The molecule has 7 heteroatoms. The molecule has 1 saturated heterocycles. The van der Waals surface area contributed by atoms with Crippen molar-refractivity contribution in [2.45, 2.75) is 46.6 Å². The Morgan fingerprint density at radius 1 is 1.15 bits per heavy atom. The molecule has 0 spiro atoms. The summed E-state index contributed by atoms with van der Waals surface area (Å²) in [5, 5.41) is 3.06. The van der Waals surface area contributed by atoms with Gasteiger partial charge in [-0.25, -0.2) is 4.98 Å². The van der Waals surface area contributed by atoms with Gasteiger partial charge in [0.1, 0.15) is 0 Å². The van der Waals surface area contributed by atoms with Crippen molar-refractivity contribution in [1.82, 2.24) is 14.5 Å². The summed E-state index contributed by atoms with van der Waals surface area (Å²) in [7, 11) is 0. The third kappa shape index (κ3) is 5.19. The number of esters is 1. The zero-order valence-electron chi connectivity index (χ0n) is 19.5. The standard InChI is InChI=1S/C26H31N3O3S/c1-4-32-26(31)21-11-13-28(14-12-21)25(30)22-16-24(23-17-33-19(3)27-23)29(18(22)2)15-10-20-8-6-5-7-9-20/h5-9,16-17,21H,4,10-15H2,1-3H3. The molecule has 1 aromatic carbocycles. The van der Waals surface area contributed by atoms with Crippen LogP contribution in [0, 0.1) is 19.8 Å². The number of piperidine rings is 1. The van der Waals surface area contributed by atoms with Gasteiger partial charge in [0.15, 0.2) is 0 Å². The third-order valence-corrected chi connectivity index (χ3v) is 7.12. The maximum atomic E-state index is 13.5. The van der Waals surface area contributed by atoms with Crippen LogP contribution in [0.25, 0.3) is 11.4 Å². The number of carbonyl (C=O) groups excluding carboxylic acids is 2. The summed E-state index contributed by atoms with van der Waals surface area (Å²) in [6.45, 7) is 8.16. The largest absolute Gasteiger partial charge is 0.466 e. The van der Waals surface area contributed by atoms with Crippen LogP contribution in [-0.4, -0.2) is 46.0 Å². The Bertz CT molecular complexity index is 1110. The summed E-state index contributed by atoms with van der Waals surface area (Å²) in [5.74, 6) is -0.227. The fraction of sp³-hybridized carbons (Fsp3) is 0.423. The average Bonchev–Trinajstić information content (AvgIpc) is 3.41. The molecule has 174 valence electrons. The molecule has 2 aromatic heterocycles. The van der Waals surface area contributed by atoms with E-state index < -0.39 is 0 Å². The molecule has 4 rings (SSSR count). The number of ether oxygens (including phenoxy) is 1. The van der Waals surface area contributed by atoms with Crippen molar-refractivity contribution in [2.75, 3.05) is 19.7 Å². The van der Waals surface area contributed by atoms with Crippen molar-refractivity contribution < 1.29 is 14.3 Å². The lowest BCUT2D eigenvalue weighted by atomic mass is 9.96. The monoisotopic (exact) mass is 465 g/mol. The van der Waals surface area contributed by atoms with E-state index in [-0.39, 0.29) is 17.8 Å². The second kappa shape index (κ2) is 10.3. The molecule has 3 aromatic rings. The minimum absolute atomic E-state index is 0.0291. The van der Waals surface area contributed by atoms with Crippen LogP contribution in [0.3, 0.4) is 0 Å². The Hall–Kier alpha value is -2.93. The summed E-state index contributed by atoms with van der Waals surface area (Å²) in [5.41, 5.74) is 4.84.